The van der Waals surface area contributed by atoms with Crippen molar-refractivity contribution in [1.29, 1.82) is 0 Å². The van der Waals surface area contributed by atoms with Crippen LogP contribution in [0.5, 0.6) is 0 Å². The van der Waals surface area contributed by atoms with Gasteiger partial charge in [0.25, 0.3) is 0 Å². The van der Waals surface area contributed by atoms with Gasteiger partial charge in [-0.3, -0.25) is 15.4 Å². The average Bonchev–Trinajstić information content (AvgIpc) is 3.32. The number of aromatic nitrogens is 2. The number of aryl methyl sites for hydroxylation is 1. The third kappa shape index (κ3) is 5.25. The van der Waals surface area contributed by atoms with E-state index < -0.39 is 29.7 Å². The van der Waals surface area contributed by atoms with E-state index >= 15 is 0 Å². The van der Waals surface area contributed by atoms with Gasteiger partial charge in [0, 0.05) is 11.9 Å². The number of carbonyl (C=O) groups is 3. The van der Waals surface area contributed by atoms with Gasteiger partial charge in [-0.25, -0.2) is 19.6 Å². The summed E-state index contributed by atoms with van der Waals surface area (Å²) in [6.45, 7) is 7.63. The van der Waals surface area contributed by atoms with Gasteiger partial charge < -0.3 is 15.4 Å². The molecule has 0 bridgehead atoms. The predicted octanol–water partition coefficient (Wildman–Crippen LogP) is 3.40. The number of nitrogens with two attached hydrogens (primary N) is 1. The van der Waals surface area contributed by atoms with E-state index in [0.717, 1.165) is 11.3 Å². The first-order valence-electron chi connectivity index (χ1n) is 9.34. The standard InChI is InChI=1S/C18H24N6O4S2/c1-9-12(10-8-29-14(21-10)23-17(27)28-18(2,3)4)30-15(20-9)22-16(26)24-7-5-6-11(24)13(19)25/h8,11H,5-7H2,1-4H3,(H2,19,25)(H,20,22,26)(H,21,23,27)/t11-/m0/s1. The third-order valence-electron chi connectivity index (χ3n) is 4.20. The van der Waals surface area contributed by atoms with Gasteiger partial charge in [-0.05, 0) is 40.5 Å². The van der Waals surface area contributed by atoms with E-state index in [1.165, 1.54) is 27.6 Å². The number of primary amides is 1. The largest absolute Gasteiger partial charge is 0.444 e. The maximum atomic E-state index is 12.5. The number of amides is 4. The molecule has 0 spiro atoms. The number of hydrogen-bond donors (Lipinski definition) is 3. The molecule has 1 atom stereocenters. The lowest BCUT2D eigenvalue weighted by Crippen LogP contribution is -2.45. The fourth-order valence-electron chi connectivity index (χ4n) is 2.98. The fraction of sp³-hybridized carbons (Fsp3) is 0.500. The van der Waals surface area contributed by atoms with E-state index in [1.807, 2.05) is 6.92 Å². The van der Waals surface area contributed by atoms with Crippen molar-refractivity contribution in [2.24, 2.45) is 5.73 Å². The summed E-state index contributed by atoms with van der Waals surface area (Å²) >= 11 is 2.53. The Kier molecular flexibility index (Phi) is 6.27. The number of anilines is 2. The van der Waals surface area contributed by atoms with Crippen LogP contribution in [0.25, 0.3) is 10.6 Å². The molecule has 0 radical (unpaired) electrons. The van der Waals surface area contributed by atoms with Gasteiger partial charge in [-0.2, -0.15) is 0 Å². The second-order valence-electron chi connectivity index (χ2n) is 7.78. The maximum absolute atomic E-state index is 12.5. The van der Waals surface area contributed by atoms with Crippen LogP contribution in [0.15, 0.2) is 5.38 Å². The topological polar surface area (TPSA) is 140 Å². The lowest BCUT2D eigenvalue weighted by Gasteiger charge is -2.21. The van der Waals surface area contributed by atoms with Crippen LogP contribution in [0.1, 0.15) is 39.3 Å². The van der Waals surface area contributed by atoms with Crippen LogP contribution in [0, 0.1) is 6.92 Å². The fourth-order valence-corrected chi connectivity index (χ4v) is 4.66. The van der Waals surface area contributed by atoms with Crippen LogP contribution in [0.3, 0.4) is 0 Å². The zero-order chi connectivity index (χ0) is 22.1. The number of urea groups is 1. The molecule has 4 N–H and O–H groups in total. The normalized spacial score (nSPS) is 16.4. The summed E-state index contributed by atoms with van der Waals surface area (Å²) in [5.41, 5.74) is 6.10. The van der Waals surface area contributed by atoms with Crippen LogP contribution in [0.2, 0.25) is 0 Å². The highest BCUT2D eigenvalue weighted by Gasteiger charge is 2.33. The molecule has 0 unspecified atom stereocenters. The maximum Gasteiger partial charge on any atom is 0.413 e. The van der Waals surface area contributed by atoms with E-state index in [4.69, 9.17) is 10.5 Å². The van der Waals surface area contributed by atoms with Gasteiger partial charge in [-0.1, -0.05) is 11.3 Å². The Morgan fingerprint density at radius 3 is 2.63 bits per heavy atom. The zero-order valence-electron chi connectivity index (χ0n) is 17.1. The van der Waals surface area contributed by atoms with Crippen molar-refractivity contribution >= 4 is 51.0 Å². The molecule has 2 aromatic heterocycles. The summed E-state index contributed by atoms with van der Waals surface area (Å²) in [6, 6.07) is -0.993. The molecular weight excluding hydrogens is 428 g/mol. The summed E-state index contributed by atoms with van der Waals surface area (Å²) in [4.78, 5) is 46.9. The van der Waals surface area contributed by atoms with Gasteiger partial charge in [0.05, 0.1) is 16.3 Å². The molecule has 0 aromatic carbocycles. The summed E-state index contributed by atoms with van der Waals surface area (Å²) in [5, 5.41) is 7.94. The molecule has 3 rings (SSSR count). The van der Waals surface area contributed by atoms with Crippen LogP contribution < -0.4 is 16.4 Å². The van der Waals surface area contributed by atoms with E-state index in [0.29, 0.717) is 34.6 Å². The van der Waals surface area contributed by atoms with Crippen molar-refractivity contribution in [1.82, 2.24) is 14.9 Å². The van der Waals surface area contributed by atoms with Gasteiger partial charge >= 0.3 is 12.1 Å². The second-order valence-corrected chi connectivity index (χ2v) is 9.64. The van der Waals surface area contributed by atoms with Crippen LogP contribution >= 0.6 is 22.7 Å². The van der Waals surface area contributed by atoms with E-state index in [2.05, 4.69) is 20.6 Å². The molecule has 0 aliphatic carbocycles. The molecule has 10 nitrogen and oxygen atoms in total. The van der Waals surface area contributed by atoms with Crippen molar-refractivity contribution < 1.29 is 19.1 Å². The number of carbonyl (C=O) groups excluding carboxylic acids is 3. The second kappa shape index (κ2) is 8.56. The molecule has 12 heteroatoms. The van der Waals surface area contributed by atoms with Gasteiger partial charge in [0.15, 0.2) is 10.3 Å². The minimum absolute atomic E-state index is 0.400. The molecule has 1 saturated heterocycles. The Bertz CT molecular complexity index is 964. The van der Waals surface area contributed by atoms with Crippen LogP contribution in [-0.4, -0.2) is 51.1 Å². The molecule has 0 saturated carbocycles. The number of likely N-dealkylation sites (tertiary alicyclic amines) is 1. The van der Waals surface area contributed by atoms with Gasteiger partial charge in [0.2, 0.25) is 5.91 Å². The first-order valence-corrected chi connectivity index (χ1v) is 11.0. The highest BCUT2D eigenvalue weighted by atomic mass is 32.1. The van der Waals surface area contributed by atoms with Crippen LogP contribution in [0.4, 0.5) is 19.9 Å². The molecule has 30 heavy (non-hydrogen) atoms. The summed E-state index contributed by atoms with van der Waals surface area (Å²) < 4.78 is 5.22. The lowest BCUT2D eigenvalue weighted by molar-refractivity contribution is -0.121. The first-order chi connectivity index (χ1) is 14.0. The predicted molar refractivity (Wildman–Crippen MR) is 116 cm³/mol. The summed E-state index contributed by atoms with van der Waals surface area (Å²) in [5.74, 6) is -0.508. The number of nitrogens with one attached hydrogen (secondary N) is 2. The van der Waals surface area contributed by atoms with Crippen molar-refractivity contribution in [2.45, 2.75) is 52.2 Å². The monoisotopic (exact) mass is 452 g/mol. The Balaban J connectivity index is 1.68. The van der Waals surface area contributed by atoms with Crippen molar-refractivity contribution in [3.8, 4) is 10.6 Å². The SMILES string of the molecule is Cc1nc(NC(=O)N2CCC[C@H]2C(N)=O)sc1-c1csc(NC(=O)OC(C)(C)C)n1. The molecule has 1 aliphatic rings. The summed E-state index contributed by atoms with van der Waals surface area (Å²) in [6.07, 6.45) is 0.721. The number of nitrogens with zero attached hydrogens (tertiary/aromatic N) is 3. The Morgan fingerprint density at radius 1 is 1.23 bits per heavy atom. The number of hydrogen-bond acceptors (Lipinski definition) is 8. The highest BCUT2D eigenvalue weighted by Crippen LogP contribution is 2.35. The Labute approximate surface area is 181 Å². The molecule has 2 aromatic rings. The summed E-state index contributed by atoms with van der Waals surface area (Å²) in [7, 11) is 0. The molecule has 1 fully saturated rings. The van der Waals surface area contributed by atoms with Gasteiger partial charge in [0.1, 0.15) is 11.6 Å². The Morgan fingerprint density at radius 2 is 1.97 bits per heavy atom. The molecule has 4 amide bonds. The van der Waals surface area contributed by atoms with Crippen molar-refractivity contribution in [3.63, 3.8) is 0 Å². The van der Waals surface area contributed by atoms with Crippen molar-refractivity contribution in [3.05, 3.63) is 11.1 Å². The van der Waals surface area contributed by atoms with E-state index in [9.17, 15) is 14.4 Å². The quantitative estimate of drug-likeness (QED) is 0.649. The highest BCUT2D eigenvalue weighted by molar-refractivity contribution is 7.20. The van der Waals surface area contributed by atoms with E-state index in [1.54, 1.807) is 26.2 Å². The minimum Gasteiger partial charge on any atom is -0.444 e. The third-order valence-corrected chi connectivity index (χ3v) is 6.05. The number of rotatable bonds is 4. The molecular formula is C18H24N6O4S2. The zero-order valence-corrected chi connectivity index (χ0v) is 18.8. The number of ether oxygens (including phenoxy) is 1. The number of thiazole rings is 2. The van der Waals surface area contributed by atoms with Crippen molar-refractivity contribution in [2.75, 3.05) is 17.2 Å². The Hall–Kier alpha value is -2.73. The average molecular weight is 453 g/mol. The van der Waals surface area contributed by atoms with Gasteiger partial charge in [-0.15, -0.1) is 11.3 Å². The molecule has 162 valence electrons. The molecule has 1 aliphatic heterocycles. The first kappa shape index (κ1) is 22.0. The lowest BCUT2D eigenvalue weighted by atomic mass is 10.2. The smallest absolute Gasteiger partial charge is 0.413 e. The van der Waals surface area contributed by atoms with Crippen LogP contribution in [-0.2, 0) is 9.53 Å². The van der Waals surface area contributed by atoms with E-state index in [-0.39, 0.29) is 0 Å². The minimum atomic E-state index is -0.603. The molecule has 3 heterocycles.